The van der Waals surface area contributed by atoms with Crippen LogP contribution in [0, 0.1) is 0 Å². The fourth-order valence-corrected chi connectivity index (χ4v) is 6.51. The second-order valence-corrected chi connectivity index (χ2v) is 10.7. The first-order chi connectivity index (χ1) is 16.3. The predicted octanol–water partition coefficient (Wildman–Crippen LogP) is 0.700. The highest BCUT2D eigenvalue weighted by Gasteiger charge is 2.53. The number of carboxylic acid groups (broad SMARTS) is 1. The van der Waals surface area contributed by atoms with Crippen LogP contribution in [0.15, 0.2) is 32.1 Å². The van der Waals surface area contributed by atoms with Crippen molar-refractivity contribution in [1.82, 2.24) is 15.2 Å². The lowest BCUT2D eigenvalue weighted by Crippen LogP contribution is -2.72. The minimum Gasteiger partial charge on any atom is -0.477 e. The molecule has 1 aromatic heterocycles. The highest BCUT2D eigenvalue weighted by molar-refractivity contribution is 8.07. The van der Waals surface area contributed by atoms with Gasteiger partial charge in [-0.15, -0.1) is 34.9 Å². The Morgan fingerprint density at radius 2 is 2.35 bits per heavy atom. The molecule has 3 aliphatic heterocycles. The molecule has 0 radical (unpaired) electrons. The number of nitrogens with zero attached hydrogens (tertiary/aromatic N) is 4. The molecule has 180 valence electrons. The van der Waals surface area contributed by atoms with Crippen LogP contribution in [-0.4, -0.2) is 87.0 Å². The third-order valence-electron chi connectivity index (χ3n) is 5.29. The van der Waals surface area contributed by atoms with E-state index in [9.17, 15) is 19.5 Å². The number of carbonyl (C=O) groups is 3. The van der Waals surface area contributed by atoms with Gasteiger partial charge >= 0.3 is 5.97 Å². The van der Waals surface area contributed by atoms with Gasteiger partial charge in [0.2, 0.25) is 0 Å². The van der Waals surface area contributed by atoms with Gasteiger partial charge in [-0.3, -0.25) is 14.5 Å². The number of fused-ring (bicyclic) bond motifs is 1. The van der Waals surface area contributed by atoms with E-state index >= 15 is 0 Å². The summed E-state index contributed by atoms with van der Waals surface area (Å²) in [6.45, 7) is 0.977. The molecule has 3 aliphatic rings. The van der Waals surface area contributed by atoms with Crippen LogP contribution in [0.25, 0.3) is 0 Å². The van der Waals surface area contributed by atoms with E-state index in [0.717, 1.165) is 19.2 Å². The lowest BCUT2D eigenvalue weighted by Gasteiger charge is -2.49. The van der Waals surface area contributed by atoms with Gasteiger partial charge in [0.25, 0.3) is 11.8 Å². The number of hydrogen-bond donors (Lipinski definition) is 3. The van der Waals surface area contributed by atoms with Crippen molar-refractivity contribution in [2.75, 3.05) is 30.8 Å². The fraction of sp³-hybridized carbons (Fsp3) is 0.400. The van der Waals surface area contributed by atoms with E-state index in [1.54, 1.807) is 17.1 Å². The Morgan fingerprint density at radius 1 is 1.53 bits per heavy atom. The number of amides is 2. The lowest BCUT2D eigenvalue weighted by molar-refractivity contribution is -0.492. The van der Waals surface area contributed by atoms with Crippen LogP contribution in [0.2, 0.25) is 0 Å². The molecular formula is C20H23N6O5S3+. The summed E-state index contributed by atoms with van der Waals surface area (Å²) in [5.74, 6) is -1.22. The molecule has 0 bridgehead atoms. The average Bonchev–Trinajstić information content (AvgIpc) is 3.24. The number of aromatic nitrogens is 1. The van der Waals surface area contributed by atoms with Gasteiger partial charge in [0, 0.05) is 34.3 Å². The number of thiazole rings is 1. The highest BCUT2D eigenvalue weighted by Crippen LogP contribution is 2.41. The number of thioether (sulfide) groups is 2. The Morgan fingerprint density at radius 3 is 3.03 bits per heavy atom. The second-order valence-electron chi connectivity index (χ2n) is 7.64. The molecule has 14 heteroatoms. The number of nitrogens with one attached hydrogen (secondary N) is 1. The maximum atomic E-state index is 12.7. The maximum Gasteiger partial charge on any atom is 0.353 e. The molecule has 11 nitrogen and oxygen atoms in total. The molecule has 4 rings (SSSR count). The quantitative estimate of drug-likeness (QED) is 0.184. The van der Waals surface area contributed by atoms with Crippen LogP contribution in [0.5, 0.6) is 0 Å². The minimum absolute atomic E-state index is 0.00120. The molecule has 4 heterocycles. The first-order valence-electron chi connectivity index (χ1n) is 10.3. The van der Waals surface area contributed by atoms with E-state index in [1.807, 2.05) is 19.3 Å². The van der Waals surface area contributed by atoms with Crippen molar-refractivity contribution in [2.24, 2.45) is 5.16 Å². The number of β-lactam (4-membered cyclic amide) rings is 1. The maximum absolute atomic E-state index is 12.7. The Kier molecular flexibility index (Phi) is 7.58. The monoisotopic (exact) mass is 523 g/mol. The largest absolute Gasteiger partial charge is 0.477 e. The van der Waals surface area contributed by atoms with Crippen molar-refractivity contribution >= 4 is 70.2 Å². The van der Waals surface area contributed by atoms with Crippen molar-refractivity contribution in [1.29, 1.82) is 0 Å². The summed E-state index contributed by atoms with van der Waals surface area (Å²) in [5.41, 5.74) is 6.13. The molecule has 0 unspecified atom stereocenters. The van der Waals surface area contributed by atoms with Crippen LogP contribution in [0.1, 0.15) is 12.1 Å². The van der Waals surface area contributed by atoms with E-state index in [0.29, 0.717) is 27.2 Å². The first kappa shape index (κ1) is 24.3. The van der Waals surface area contributed by atoms with Gasteiger partial charge in [-0.1, -0.05) is 5.16 Å². The van der Waals surface area contributed by atoms with Crippen molar-refractivity contribution < 1.29 is 28.9 Å². The van der Waals surface area contributed by atoms with Gasteiger partial charge in [0.05, 0.1) is 11.7 Å². The summed E-state index contributed by atoms with van der Waals surface area (Å²) in [6.07, 6.45) is 5.87. The van der Waals surface area contributed by atoms with Crippen molar-refractivity contribution in [3.05, 3.63) is 32.7 Å². The van der Waals surface area contributed by atoms with E-state index < -0.39 is 29.9 Å². The first-order valence-corrected chi connectivity index (χ1v) is 13.1. The van der Waals surface area contributed by atoms with Crippen LogP contribution in [0.3, 0.4) is 0 Å². The molecule has 2 atom stereocenters. The topological polar surface area (TPSA) is 150 Å². The van der Waals surface area contributed by atoms with Gasteiger partial charge in [-0.2, -0.15) is 0 Å². The lowest BCUT2D eigenvalue weighted by atomic mass is 9.94. The zero-order valence-corrected chi connectivity index (χ0v) is 20.6. The number of carbonyl (C=O) groups excluding carboxylic acids is 2. The molecule has 4 N–H and O–H groups in total. The van der Waals surface area contributed by atoms with Gasteiger partial charge in [-0.05, 0) is 4.91 Å². The molecule has 1 fully saturated rings. The SMILES string of the molecule is C[N+]1=CC=C(SCC2=C(C(=O)O)N3C(=O)[C@@H](NC(=O)/C=N\OCc4csc(N)n4)[C@H]3CS2)CC1. The molecule has 0 spiro atoms. The molecule has 2 amide bonds. The van der Waals surface area contributed by atoms with Gasteiger partial charge in [0.15, 0.2) is 18.0 Å². The number of nitrogen functional groups attached to an aromatic ring is 1. The van der Waals surface area contributed by atoms with Gasteiger partial charge < -0.3 is 21.0 Å². The zero-order valence-electron chi connectivity index (χ0n) is 18.2. The summed E-state index contributed by atoms with van der Waals surface area (Å²) < 4.78 is 2.09. The number of allylic oxidation sites excluding steroid dienone is 1. The Labute approximate surface area is 207 Å². The third kappa shape index (κ3) is 5.45. The summed E-state index contributed by atoms with van der Waals surface area (Å²) in [4.78, 5) is 49.0. The minimum atomic E-state index is -1.15. The number of nitrogens with two attached hydrogens (primary N) is 1. The summed E-state index contributed by atoms with van der Waals surface area (Å²) >= 11 is 4.28. The summed E-state index contributed by atoms with van der Waals surface area (Å²) in [7, 11) is 2.00. The van der Waals surface area contributed by atoms with Crippen LogP contribution >= 0.6 is 34.9 Å². The molecule has 0 aliphatic carbocycles. The summed E-state index contributed by atoms with van der Waals surface area (Å²) in [5, 5.41) is 18.1. The molecule has 0 saturated carbocycles. The van der Waals surface area contributed by atoms with Crippen molar-refractivity contribution in [2.45, 2.75) is 25.1 Å². The number of aliphatic carboxylic acids is 1. The fourth-order valence-electron chi connectivity index (χ4n) is 3.57. The standard InChI is InChI=1S/C20H22N6O5S3/c1-25-4-2-12(3-5-25)32-10-14-17(19(29)30)26-13(9-33-14)16(18(26)28)24-15(27)6-22-31-7-11-8-34-20(21)23-11/h2,4,6,8,13,16H,3,5,7,9-10H2,1H3,(H3-,21,23,24,27,29,30)/p+1/b22-6-/t13-,16+/m1/s1. The Balaban J connectivity index is 1.33. The smallest absolute Gasteiger partial charge is 0.353 e. The third-order valence-corrected chi connectivity index (χ3v) is 8.54. The van der Waals surface area contributed by atoms with Crippen molar-refractivity contribution in [3.8, 4) is 0 Å². The van der Waals surface area contributed by atoms with E-state index in [4.69, 9.17) is 10.6 Å². The van der Waals surface area contributed by atoms with Gasteiger partial charge in [-0.25, -0.2) is 14.4 Å². The predicted molar refractivity (Wildman–Crippen MR) is 132 cm³/mol. The van der Waals surface area contributed by atoms with Crippen LogP contribution in [0.4, 0.5) is 5.13 Å². The van der Waals surface area contributed by atoms with Crippen molar-refractivity contribution in [3.63, 3.8) is 0 Å². The van der Waals surface area contributed by atoms with Crippen LogP contribution < -0.4 is 11.1 Å². The van der Waals surface area contributed by atoms with E-state index in [2.05, 4.69) is 20.0 Å². The molecule has 1 saturated heterocycles. The molecule has 34 heavy (non-hydrogen) atoms. The average molecular weight is 524 g/mol. The normalized spacial score (nSPS) is 22.1. The zero-order chi connectivity index (χ0) is 24.2. The molecule has 0 aromatic carbocycles. The number of oxime groups is 1. The van der Waals surface area contributed by atoms with Crippen LogP contribution in [-0.2, 0) is 25.8 Å². The second kappa shape index (κ2) is 10.6. The Bertz CT molecular complexity index is 1130. The van der Waals surface area contributed by atoms with Gasteiger partial charge in [0.1, 0.15) is 31.5 Å². The van der Waals surface area contributed by atoms with E-state index in [1.165, 1.54) is 32.9 Å². The molecule has 1 aromatic rings. The number of rotatable bonds is 9. The number of anilines is 1. The Hall–Kier alpha value is -2.84. The highest BCUT2D eigenvalue weighted by atomic mass is 32.2. The number of carboxylic acids is 1. The summed E-state index contributed by atoms with van der Waals surface area (Å²) in [6, 6.07) is -1.23. The number of hydrogen-bond acceptors (Lipinski definition) is 10. The van der Waals surface area contributed by atoms with E-state index in [-0.39, 0.29) is 12.3 Å². The molecular weight excluding hydrogens is 500 g/mol.